The molecule has 0 bridgehead atoms. The molecule has 1 aromatic rings. The van der Waals surface area contributed by atoms with Gasteiger partial charge in [0.05, 0.1) is 6.61 Å². The van der Waals surface area contributed by atoms with Crippen LogP contribution in [0.15, 0.2) is 17.0 Å². The summed E-state index contributed by atoms with van der Waals surface area (Å²) in [6.07, 6.45) is 0. The predicted molar refractivity (Wildman–Crippen MR) is 53.9 cm³/mol. The molecule has 0 unspecified atom stereocenters. The number of hydrogen-bond donors (Lipinski definition) is 2. The van der Waals surface area contributed by atoms with Crippen LogP contribution in [0.4, 0.5) is 0 Å². The van der Waals surface area contributed by atoms with Gasteiger partial charge in [-0.25, -0.2) is 13.1 Å². The number of phenolic OH excluding ortho intramolecular Hbond substituents is 1. The van der Waals surface area contributed by atoms with Crippen LogP contribution in [-0.2, 0) is 10.0 Å². The average molecular weight is 243 g/mol. The number of hydrogen-bond acceptors (Lipinski definition) is 5. The number of rotatable bonds is 2. The van der Waals surface area contributed by atoms with Gasteiger partial charge in [-0.2, -0.15) is 0 Å². The minimum absolute atomic E-state index is 0.0559. The first-order chi connectivity index (χ1) is 7.45. The summed E-state index contributed by atoms with van der Waals surface area (Å²) in [5.41, 5.74) is -0.0559. The molecule has 86 valence electrons. The van der Waals surface area contributed by atoms with Crippen molar-refractivity contribution in [1.29, 1.82) is 0 Å². The van der Waals surface area contributed by atoms with E-state index in [2.05, 4.69) is 0 Å². The highest BCUT2D eigenvalue weighted by Crippen LogP contribution is 2.34. The van der Waals surface area contributed by atoms with E-state index >= 15 is 0 Å². The molecule has 6 nitrogen and oxygen atoms in total. The Balaban J connectivity index is 2.74. The number of carbonyl (C=O) groups is 1. The zero-order valence-electron chi connectivity index (χ0n) is 8.35. The second-order valence-electron chi connectivity index (χ2n) is 3.18. The van der Waals surface area contributed by atoms with E-state index in [1.54, 1.807) is 6.92 Å². The van der Waals surface area contributed by atoms with Gasteiger partial charge in [0, 0.05) is 12.1 Å². The summed E-state index contributed by atoms with van der Waals surface area (Å²) >= 11 is 0. The van der Waals surface area contributed by atoms with Crippen molar-refractivity contribution >= 4 is 15.9 Å². The lowest BCUT2D eigenvalue weighted by atomic mass is 10.2. The first kappa shape index (κ1) is 10.7. The first-order valence-corrected chi connectivity index (χ1v) is 6.01. The van der Waals surface area contributed by atoms with Crippen LogP contribution < -0.4 is 9.46 Å². The molecule has 0 atom stereocenters. The van der Waals surface area contributed by atoms with Gasteiger partial charge in [0.15, 0.2) is 0 Å². The van der Waals surface area contributed by atoms with Crippen molar-refractivity contribution in [3.8, 4) is 11.5 Å². The summed E-state index contributed by atoms with van der Waals surface area (Å²) in [6.45, 7) is 1.96. The molecule has 1 aliphatic heterocycles. The Morgan fingerprint density at radius 3 is 2.75 bits per heavy atom. The van der Waals surface area contributed by atoms with Crippen LogP contribution in [-0.4, -0.2) is 26.0 Å². The molecule has 16 heavy (non-hydrogen) atoms. The molecule has 1 aliphatic rings. The summed E-state index contributed by atoms with van der Waals surface area (Å²) in [7, 11) is -3.86. The quantitative estimate of drug-likeness (QED) is 0.775. The van der Waals surface area contributed by atoms with E-state index in [9.17, 15) is 18.3 Å². The lowest BCUT2D eigenvalue weighted by molar-refractivity contribution is 0.0981. The van der Waals surface area contributed by atoms with Gasteiger partial charge in [0.1, 0.15) is 22.0 Å². The Kier molecular flexibility index (Phi) is 2.27. The second kappa shape index (κ2) is 3.38. The highest BCUT2D eigenvalue weighted by Gasteiger charge is 2.36. The van der Waals surface area contributed by atoms with Crippen molar-refractivity contribution in [2.24, 2.45) is 0 Å². The molecule has 1 aromatic carbocycles. The fourth-order valence-electron chi connectivity index (χ4n) is 1.51. The first-order valence-electron chi connectivity index (χ1n) is 4.52. The maximum Gasteiger partial charge on any atom is 0.270 e. The monoisotopic (exact) mass is 243 g/mol. The van der Waals surface area contributed by atoms with Gasteiger partial charge in [-0.3, -0.25) is 4.79 Å². The molecule has 0 saturated carbocycles. The standard InChI is InChI=1S/C9H9NO5S/c1-2-15-6-3-5(11)4-7-8(6)9(12)10-16(7,13)14/h3-4,11H,2H2,1H3,(H,10,12). The third-order valence-corrected chi connectivity index (χ3v) is 3.45. The van der Waals surface area contributed by atoms with Crippen LogP contribution in [0, 0.1) is 0 Å². The summed E-state index contributed by atoms with van der Waals surface area (Å²) in [5.74, 6) is -0.934. The van der Waals surface area contributed by atoms with E-state index in [0.717, 1.165) is 6.07 Å². The minimum atomic E-state index is -3.86. The molecule has 0 fully saturated rings. The van der Waals surface area contributed by atoms with Crippen LogP contribution in [0.5, 0.6) is 11.5 Å². The molecule has 1 heterocycles. The molecule has 1 amide bonds. The second-order valence-corrected chi connectivity index (χ2v) is 4.84. The Hall–Kier alpha value is -1.76. The van der Waals surface area contributed by atoms with Crippen molar-refractivity contribution in [2.45, 2.75) is 11.8 Å². The summed E-state index contributed by atoms with van der Waals surface area (Å²) in [6, 6.07) is 2.23. The summed E-state index contributed by atoms with van der Waals surface area (Å²) < 4.78 is 29.9. The number of sulfonamides is 1. The fourth-order valence-corrected chi connectivity index (χ4v) is 2.70. The van der Waals surface area contributed by atoms with Gasteiger partial charge in [-0.05, 0) is 6.92 Å². The van der Waals surface area contributed by atoms with E-state index in [1.165, 1.54) is 6.07 Å². The average Bonchev–Trinajstić information content (AvgIpc) is 2.37. The smallest absolute Gasteiger partial charge is 0.270 e. The third-order valence-electron chi connectivity index (χ3n) is 2.09. The number of phenols is 1. The molecule has 7 heteroatoms. The normalized spacial score (nSPS) is 16.7. The molecule has 0 spiro atoms. The van der Waals surface area contributed by atoms with Crippen molar-refractivity contribution in [1.82, 2.24) is 4.72 Å². The molecular formula is C9H9NO5S. The minimum Gasteiger partial charge on any atom is -0.508 e. The summed E-state index contributed by atoms with van der Waals surface area (Å²) in [5, 5.41) is 9.34. The van der Waals surface area contributed by atoms with Crippen LogP contribution in [0.2, 0.25) is 0 Å². The highest BCUT2D eigenvalue weighted by atomic mass is 32.2. The number of benzene rings is 1. The van der Waals surface area contributed by atoms with Crippen LogP contribution >= 0.6 is 0 Å². The molecule has 0 radical (unpaired) electrons. The number of amides is 1. The molecular weight excluding hydrogens is 234 g/mol. The zero-order chi connectivity index (χ0) is 11.9. The van der Waals surface area contributed by atoms with E-state index < -0.39 is 15.9 Å². The number of fused-ring (bicyclic) bond motifs is 1. The molecule has 2 rings (SSSR count). The van der Waals surface area contributed by atoms with Gasteiger partial charge < -0.3 is 9.84 Å². The Morgan fingerprint density at radius 2 is 2.12 bits per heavy atom. The molecule has 0 aliphatic carbocycles. The largest absolute Gasteiger partial charge is 0.508 e. The number of carbonyl (C=O) groups excluding carboxylic acids is 1. The number of ether oxygens (including phenoxy) is 1. The number of nitrogens with one attached hydrogen (secondary N) is 1. The van der Waals surface area contributed by atoms with Crippen LogP contribution in [0.3, 0.4) is 0 Å². The van der Waals surface area contributed by atoms with E-state index in [4.69, 9.17) is 4.74 Å². The van der Waals surface area contributed by atoms with Gasteiger partial charge in [-0.15, -0.1) is 0 Å². The SMILES string of the molecule is CCOc1cc(O)cc2c1C(=O)NS2(=O)=O. The van der Waals surface area contributed by atoms with Gasteiger partial charge >= 0.3 is 0 Å². The maximum atomic E-state index is 11.5. The van der Waals surface area contributed by atoms with Gasteiger partial charge in [-0.1, -0.05) is 0 Å². The van der Waals surface area contributed by atoms with E-state index in [1.807, 2.05) is 4.72 Å². The van der Waals surface area contributed by atoms with Crippen LogP contribution in [0.25, 0.3) is 0 Å². The zero-order valence-corrected chi connectivity index (χ0v) is 9.17. The third kappa shape index (κ3) is 1.49. The Labute approximate surface area is 91.9 Å². The van der Waals surface area contributed by atoms with Gasteiger partial charge in [0.25, 0.3) is 15.9 Å². The summed E-state index contributed by atoms with van der Waals surface area (Å²) in [4.78, 5) is 11.2. The topological polar surface area (TPSA) is 92.7 Å². The van der Waals surface area contributed by atoms with Gasteiger partial charge in [0.2, 0.25) is 0 Å². The van der Waals surface area contributed by atoms with Crippen molar-refractivity contribution in [2.75, 3.05) is 6.61 Å². The lowest BCUT2D eigenvalue weighted by Gasteiger charge is -2.06. The van der Waals surface area contributed by atoms with E-state index in [0.29, 0.717) is 0 Å². The predicted octanol–water partition coefficient (Wildman–Crippen LogP) is 0.223. The molecule has 0 saturated heterocycles. The Morgan fingerprint density at radius 1 is 1.44 bits per heavy atom. The van der Waals surface area contributed by atoms with E-state index in [-0.39, 0.29) is 28.6 Å². The Bertz CT molecular complexity index is 564. The highest BCUT2D eigenvalue weighted by molar-refractivity contribution is 7.90. The van der Waals surface area contributed by atoms with Crippen molar-refractivity contribution in [3.05, 3.63) is 17.7 Å². The maximum absolute atomic E-state index is 11.5. The number of aromatic hydroxyl groups is 1. The van der Waals surface area contributed by atoms with Crippen LogP contribution in [0.1, 0.15) is 17.3 Å². The van der Waals surface area contributed by atoms with Crippen molar-refractivity contribution in [3.63, 3.8) is 0 Å². The fraction of sp³-hybridized carbons (Fsp3) is 0.222. The van der Waals surface area contributed by atoms with Crippen molar-refractivity contribution < 1.29 is 23.1 Å². The lowest BCUT2D eigenvalue weighted by Crippen LogP contribution is -2.20. The molecule has 2 N–H and O–H groups in total. The molecule has 0 aromatic heterocycles.